The van der Waals surface area contributed by atoms with Gasteiger partial charge in [-0.1, -0.05) is 13.8 Å². The van der Waals surface area contributed by atoms with Crippen LogP contribution in [0.15, 0.2) is 0 Å². The van der Waals surface area contributed by atoms with Crippen LogP contribution in [0, 0.1) is 11.8 Å². The Balaban J connectivity index is 1.40. The van der Waals surface area contributed by atoms with Gasteiger partial charge >= 0.3 is 0 Å². The zero-order valence-corrected chi connectivity index (χ0v) is 17.0. The Morgan fingerprint density at radius 2 is 1.89 bits per heavy atom. The Hall–Kier alpha value is -1.18. The van der Waals surface area contributed by atoms with E-state index in [1.54, 1.807) is 0 Å². The molecule has 0 bridgehead atoms. The highest BCUT2D eigenvalue weighted by atomic mass is 16.5. The maximum Gasteiger partial charge on any atom is 0.239 e. The molecule has 7 nitrogen and oxygen atoms in total. The van der Waals surface area contributed by atoms with Gasteiger partial charge in [0.25, 0.3) is 0 Å². The van der Waals surface area contributed by atoms with E-state index in [1.807, 2.05) is 11.9 Å². The van der Waals surface area contributed by atoms with E-state index in [-0.39, 0.29) is 23.5 Å². The molecule has 7 heteroatoms. The lowest BCUT2D eigenvalue weighted by Gasteiger charge is -2.54. The Morgan fingerprint density at radius 1 is 1.19 bits per heavy atom. The van der Waals surface area contributed by atoms with Gasteiger partial charge in [-0.25, -0.2) is 0 Å². The number of morpholine rings is 1. The van der Waals surface area contributed by atoms with E-state index in [1.165, 1.54) is 0 Å². The highest BCUT2D eigenvalue weighted by Gasteiger charge is 2.51. The third-order valence-electron chi connectivity index (χ3n) is 6.07. The zero-order valence-electron chi connectivity index (χ0n) is 17.0. The second-order valence-corrected chi connectivity index (χ2v) is 8.91. The minimum absolute atomic E-state index is 0.0445. The first-order valence-corrected chi connectivity index (χ1v) is 10.4. The third kappa shape index (κ3) is 5.21. The van der Waals surface area contributed by atoms with Gasteiger partial charge in [-0.2, -0.15) is 0 Å². The molecule has 1 spiro atoms. The van der Waals surface area contributed by atoms with Gasteiger partial charge in [-0.15, -0.1) is 0 Å². The second-order valence-electron chi connectivity index (χ2n) is 8.91. The Labute approximate surface area is 162 Å². The predicted octanol–water partition coefficient (Wildman–Crippen LogP) is 0.877. The van der Waals surface area contributed by atoms with Crippen molar-refractivity contribution in [2.45, 2.75) is 51.2 Å². The summed E-state index contributed by atoms with van der Waals surface area (Å²) >= 11 is 0. The molecule has 0 radical (unpaired) electrons. The smallest absolute Gasteiger partial charge is 0.239 e. The Bertz CT molecular complexity index is 527. The summed E-state index contributed by atoms with van der Waals surface area (Å²) in [6, 6.07) is -0.249. The summed E-state index contributed by atoms with van der Waals surface area (Å²) < 4.78 is 11.5. The first-order valence-electron chi connectivity index (χ1n) is 10.4. The molecule has 0 aromatic carbocycles. The number of amides is 2. The SMILES string of the molecule is CC(C)CCC(=O)N1CC2(C1)CN(C)[C@@H](C(=O)NCC1CCOCC1)CO2. The first-order chi connectivity index (χ1) is 12.9. The highest BCUT2D eigenvalue weighted by molar-refractivity contribution is 5.82. The van der Waals surface area contributed by atoms with Crippen LogP contribution < -0.4 is 5.32 Å². The molecule has 3 rings (SSSR count). The molecular formula is C20H35N3O4. The number of carbonyl (C=O) groups is 2. The number of likely N-dealkylation sites (tertiary alicyclic amines) is 1. The standard InChI is InChI=1S/C20H35N3O4/c1-15(2)4-5-18(24)23-13-20(14-23)12-22(3)17(11-27-20)19(25)21-10-16-6-8-26-9-7-16/h15-17H,4-14H2,1-3H3,(H,21,25)/t17-/m1/s1. The van der Waals surface area contributed by atoms with Crippen LogP contribution in [-0.4, -0.2) is 86.3 Å². The van der Waals surface area contributed by atoms with Crippen LogP contribution in [0.2, 0.25) is 0 Å². The van der Waals surface area contributed by atoms with Gasteiger partial charge in [-0.3, -0.25) is 14.5 Å². The van der Waals surface area contributed by atoms with Crippen LogP contribution in [-0.2, 0) is 19.1 Å². The predicted molar refractivity (Wildman–Crippen MR) is 102 cm³/mol. The summed E-state index contributed by atoms with van der Waals surface area (Å²) in [7, 11) is 1.98. The molecule has 1 atom stereocenters. The van der Waals surface area contributed by atoms with Crippen LogP contribution in [0.1, 0.15) is 39.5 Å². The molecule has 0 saturated carbocycles. The Morgan fingerprint density at radius 3 is 2.52 bits per heavy atom. The number of rotatable bonds is 6. The van der Waals surface area contributed by atoms with Gasteiger partial charge in [0.15, 0.2) is 0 Å². The zero-order chi connectivity index (χ0) is 19.4. The average Bonchev–Trinajstić information content (AvgIpc) is 2.62. The van der Waals surface area contributed by atoms with Gasteiger partial charge < -0.3 is 19.7 Å². The van der Waals surface area contributed by atoms with Gasteiger partial charge in [0.1, 0.15) is 11.6 Å². The second kappa shape index (κ2) is 8.88. The van der Waals surface area contributed by atoms with E-state index in [2.05, 4.69) is 24.1 Å². The van der Waals surface area contributed by atoms with Gasteiger partial charge in [0.2, 0.25) is 11.8 Å². The van der Waals surface area contributed by atoms with Crippen molar-refractivity contribution in [1.29, 1.82) is 0 Å². The molecule has 3 heterocycles. The van der Waals surface area contributed by atoms with Gasteiger partial charge in [0.05, 0.1) is 19.7 Å². The summed E-state index contributed by atoms with van der Waals surface area (Å²) in [6.45, 7) is 8.95. The highest BCUT2D eigenvalue weighted by Crippen LogP contribution is 2.31. The van der Waals surface area contributed by atoms with E-state index in [9.17, 15) is 9.59 Å². The normalized spacial score (nSPS) is 26.2. The van der Waals surface area contributed by atoms with Crippen molar-refractivity contribution in [3.05, 3.63) is 0 Å². The molecule has 3 aliphatic heterocycles. The summed E-state index contributed by atoms with van der Waals surface area (Å²) in [4.78, 5) is 28.8. The summed E-state index contributed by atoms with van der Waals surface area (Å²) in [5.74, 6) is 1.32. The van der Waals surface area contributed by atoms with E-state index in [0.717, 1.165) is 39.0 Å². The minimum Gasteiger partial charge on any atom is -0.381 e. The van der Waals surface area contributed by atoms with Crippen molar-refractivity contribution in [3.63, 3.8) is 0 Å². The largest absolute Gasteiger partial charge is 0.381 e. The molecular weight excluding hydrogens is 346 g/mol. The fourth-order valence-electron chi connectivity index (χ4n) is 4.17. The summed E-state index contributed by atoms with van der Waals surface area (Å²) in [5, 5.41) is 3.09. The number of nitrogens with one attached hydrogen (secondary N) is 1. The van der Waals surface area contributed by atoms with E-state index in [4.69, 9.17) is 9.47 Å². The first kappa shape index (κ1) is 20.6. The molecule has 3 saturated heterocycles. The quantitative estimate of drug-likeness (QED) is 0.740. The number of likely N-dealkylation sites (N-methyl/N-ethyl adjacent to an activating group) is 1. The van der Waals surface area contributed by atoms with Crippen LogP contribution in [0.5, 0.6) is 0 Å². The molecule has 1 N–H and O–H groups in total. The maximum atomic E-state index is 12.6. The number of hydrogen-bond donors (Lipinski definition) is 1. The van der Waals surface area contributed by atoms with Gasteiger partial charge in [-0.05, 0) is 38.1 Å². The molecule has 3 fully saturated rings. The lowest BCUT2D eigenvalue weighted by Crippen LogP contribution is -2.73. The van der Waals surface area contributed by atoms with E-state index < -0.39 is 0 Å². The van der Waals surface area contributed by atoms with Crippen molar-refractivity contribution < 1.29 is 19.1 Å². The van der Waals surface area contributed by atoms with Crippen molar-refractivity contribution >= 4 is 11.8 Å². The molecule has 154 valence electrons. The number of hydrogen-bond acceptors (Lipinski definition) is 5. The number of ether oxygens (including phenoxy) is 2. The lowest BCUT2D eigenvalue weighted by molar-refractivity contribution is -0.201. The number of nitrogens with zero attached hydrogens (tertiary/aromatic N) is 2. The summed E-state index contributed by atoms with van der Waals surface area (Å²) in [5.41, 5.74) is -0.292. The molecule has 0 aromatic rings. The van der Waals surface area contributed by atoms with Crippen molar-refractivity contribution in [2.75, 3.05) is 53.0 Å². The fourth-order valence-corrected chi connectivity index (χ4v) is 4.17. The molecule has 2 amide bonds. The lowest BCUT2D eigenvalue weighted by atomic mass is 9.90. The van der Waals surface area contributed by atoms with E-state index >= 15 is 0 Å². The van der Waals surface area contributed by atoms with E-state index in [0.29, 0.717) is 44.5 Å². The molecule has 0 unspecified atom stereocenters. The molecule has 3 aliphatic rings. The minimum atomic E-state index is -0.292. The molecule has 0 aromatic heterocycles. The maximum absolute atomic E-state index is 12.6. The average molecular weight is 382 g/mol. The van der Waals surface area contributed by atoms with Crippen molar-refractivity contribution in [2.24, 2.45) is 11.8 Å². The summed E-state index contributed by atoms with van der Waals surface area (Å²) in [6.07, 6.45) is 3.57. The fraction of sp³-hybridized carbons (Fsp3) is 0.900. The van der Waals surface area contributed by atoms with Crippen molar-refractivity contribution in [3.8, 4) is 0 Å². The van der Waals surface area contributed by atoms with Crippen LogP contribution in [0.3, 0.4) is 0 Å². The third-order valence-corrected chi connectivity index (χ3v) is 6.07. The monoisotopic (exact) mass is 381 g/mol. The van der Waals surface area contributed by atoms with Gasteiger partial charge in [0, 0.05) is 32.7 Å². The molecule has 0 aliphatic carbocycles. The van der Waals surface area contributed by atoms with Crippen LogP contribution in [0.25, 0.3) is 0 Å². The Kier molecular flexibility index (Phi) is 6.76. The van der Waals surface area contributed by atoms with Crippen LogP contribution >= 0.6 is 0 Å². The number of carbonyl (C=O) groups excluding carboxylic acids is 2. The molecule has 27 heavy (non-hydrogen) atoms. The van der Waals surface area contributed by atoms with Crippen molar-refractivity contribution in [1.82, 2.24) is 15.1 Å². The topological polar surface area (TPSA) is 71.1 Å². The van der Waals surface area contributed by atoms with Crippen LogP contribution in [0.4, 0.5) is 0 Å².